The van der Waals surface area contributed by atoms with Gasteiger partial charge in [0.1, 0.15) is 11.6 Å². The van der Waals surface area contributed by atoms with Gasteiger partial charge in [-0.05, 0) is 33.1 Å². The number of likely N-dealkylation sites (tertiary alicyclic amines) is 1. The van der Waals surface area contributed by atoms with E-state index in [2.05, 4.69) is 0 Å². The maximum absolute atomic E-state index is 11.9. The van der Waals surface area contributed by atoms with Gasteiger partial charge in [-0.25, -0.2) is 9.59 Å². The number of hydrogen-bond donors (Lipinski definition) is 1. The Labute approximate surface area is 114 Å². The zero-order valence-corrected chi connectivity index (χ0v) is 12.6. The molecule has 112 valence electrons. The van der Waals surface area contributed by atoms with Crippen molar-refractivity contribution in [2.45, 2.75) is 45.8 Å². The second kappa shape index (κ2) is 7.33. The Morgan fingerprint density at radius 1 is 1.26 bits per heavy atom. The normalized spacial score (nSPS) is 22.4. The smallest absolute Gasteiger partial charge is 0.411 e. The Bertz CT molecular complexity index is 311. The summed E-state index contributed by atoms with van der Waals surface area (Å²) in [6.45, 7) is 7.88. The molecule has 1 amide bonds. The van der Waals surface area contributed by atoms with E-state index in [4.69, 9.17) is 14.6 Å². The molecule has 2 unspecified atom stereocenters. The fourth-order valence-corrected chi connectivity index (χ4v) is 1.95. The highest BCUT2D eigenvalue weighted by Crippen LogP contribution is 2.26. The minimum absolute atomic E-state index is 0.106. The summed E-state index contributed by atoms with van der Waals surface area (Å²) in [5, 5.41) is 7.00. The lowest BCUT2D eigenvalue weighted by Crippen LogP contribution is -2.45. The standard InChI is InChI=1S/C12H21NO4.CH4O/c1-8-6-7-13(9(8)10(14)16-5)11(15)17-12(2,3)4;1-2/h8-9H,6-7H2,1-5H3;2H,1H3. The second-order valence-electron chi connectivity index (χ2n) is 5.41. The van der Waals surface area contributed by atoms with E-state index < -0.39 is 17.7 Å². The molecule has 1 fully saturated rings. The average Bonchev–Trinajstić information content (AvgIpc) is 2.71. The number of nitrogens with zero attached hydrogens (tertiary/aromatic N) is 1. The summed E-state index contributed by atoms with van der Waals surface area (Å²) in [7, 11) is 2.33. The van der Waals surface area contributed by atoms with Crippen molar-refractivity contribution in [3.8, 4) is 0 Å². The van der Waals surface area contributed by atoms with Crippen LogP contribution in [0.25, 0.3) is 0 Å². The molecule has 0 spiro atoms. The van der Waals surface area contributed by atoms with Crippen molar-refractivity contribution < 1.29 is 24.2 Å². The molecule has 6 nitrogen and oxygen atoms in total. The van der Waals surface area contributed by atoms with Gasteiger partial charge >= 0.3 is 12.1 Å². The zero-order chi connectivity index (χ0) is 15.2. The minimum Gasteiger partial charge on any atom is -0.467 e. The molecule has 1 aliphatic rings. The first kappa shape index (κ1) is 17.7. The highest BCUT2D eigenvalue weighted by molar-refractivity contribution is 5.82. The predicted molar refractivity (Wildman–Crippen MR) is 70.7 cm³/mol. The molecule has 0 aromatic carbocycles. The summed E-state index contributed by atoms with van der Waals surface area (Å²) in [6.07, 6.45) is 0.344. The van der Waals surface area contributed by atoms with E-state index in [1.807, 2.05) is 6.92 Å². The van der Waals surface area contributed by atoms with E-state index in [0.717, 1.165) is 13.5 Å². The van der Waals surface area contributed by atoms with Crippen molar-refractivity contribution in [2.24, 2.45) is 5.92 Å². The van der Waals surface area contributed by atoms with Crippen LogP contribution in [-0.2, 0) is 14.3 Å². The van der Waals surface area contributed by atoms with Crippen LogP contribution in [0.15, 0.2) is 0 Å². The Morgan fingerprint density at radius 3 is 2.21 bits per heavy atom. The fraction of sp³-hybridized carbons (Fsp3) is 0.846. The first-order chi connectivity index (χ1) is 8.76. The van der Waals surface area contributed by atoms with Crippen LogP contribution in [0.3, 0.4) is 0 Å². The van der Waals surface area contributed by atoms with E-state index in [1.165, 1.54) is 12.0 Å². The summed E-state index contributed by atoms with van der Waals surface area (Å²) < 4.78 is 10.0. The maximum Gasteiger partial charge on any atom is 0.411 e. The Balaban J connectivity index is 0.00000154. The molecule has 0 saturated carbocycles. The zero-order valence-electron chi connectivity index (χ0n) is 12.6. The number of aliphatic hydroxyl groups excluding tert-OH is 1. The highest BCUT2D eigenvalue weighted by Gasteiger charge is 2.41. The van der Waals surface area contributed by atoms with Gasteiger partial charge in [0.15, 0.2) is 0 Å². The van der Waals surface area contributed by atoms with Gasteiger partial charge in [0.05, 0.1) is 7.11 Å². The Morgan fingerprint density at radius 2 is 1.79 bits per heavy atom. The van der Waals surface area contributed by atoms with Gasteiger partial charge in [-0.2, -0.15) is 0 Å². The molecule has 6 heteroatoms. The molecule has 1 saturated heterocycles. The molecule has 1 aliphatic heterocycles. The van der Waals surface area contributed by atoms with Crippen molar-refractivity contribution in [1.82, 2.24) is 4.90 Å². The summed E-state index contributed by atoms with van der Waals surface area (Å²) in [5.74, 6) is -0.268. The quantitative estimate of drug-likeness (QED) is 0.732. The van der Waals surface area contributed by atoms with E-state index in [1.54, 1.807) is 20.8 Å². The number of esters is 1. The summed E-state index contributed by atoms with van der Waals surface area (Å²) in [5.41, 5.74) is -0.552. The van der Waals surface area contributed by atoms with Crippen molar-refractivity contribution >= 4 is 12.1 Å². The minimum atomic E-state index is -0.552. The van der Waals surface area contributed by atoms with Gasteiger partial charge < -0.3 is 14.6 Å². The number of carbonyl (C=O) groups is 2. The number of amides is 1. The third-order valence-corrected chi connectivity index (χ3v) is 2.77. The van der Waals surface area contributed by atoms with E-state index >= 15 is 0 Å². The van der Waals surface area contributed by atoms with Crippen LogP contribution in [0, 0.1) is 5.92 Å². The molecule has 0 radical (unpaired) electrons. The molecule has 19 heavy (non-hydrogen) atoms. The average molecular weight is 275 g/mol. The summed E-state index contributed by atoms with van der Waals surface area (Å²) >= 11 is 0. The summed E-state index contributed by atoms with van der Waals surface area (Å²) in [4.78, 5) is 25.0. The maximum atomic E-state index is 11.9. The van der Waals surface area contributed by atoms with Gasteiger partial charge in [0.2, 0.25) is 0 Å². The lowest BCUT2D eigenvalue weighted by molar-refractivity contribution is -0.146. The molecule has 0 aliphatic carbocycles. The van der Waals surface area contributed by atoms with Crippen LogP contribution < -0.4 is 0 Å². The number of methoxy groups -OCH3 is 1. The van der Waals surface area contributed by atoms with Crippen LogP contribution in [0.2, 0.25) is 0 Å². The SMILES string of the molecule is CO.COC(=O)C1C(C)CCN1C(=O)OC(C)(C)C. The third-order valence-electron chi connectivity index (χ3n) is 2.77. The van der Waals surface area contributed by atoms with Gasteiger partial charge in [-0.1, -0.05) is 6.92 Å². The molecule has 1 N–H and O–H groups in total. The monoisotopic (exact) mass is 275 g/mol. The number of carbonyl (C=O) groups excluding carboxylic acids is 2. The van der Waals surface area contributed by atoms with Crippen LogP contribution in [0.4, 0.5) is 4.79 Å². The lowest BCUT2D eigenvalue weighted by Gasteiger charge is -2.28. The van der Waals surface area contributed by atoms with Crippen LogP contribution in [-0.4, -0.2) is 54.5 Å². The first-order valence-corrected chi connectivity index (χ1v) is 6.28. The van der Waals surface area contributed by atoms with Gasteiger partial charge in [-0.3, -0.25) is 4.90 Å². The number of aliphatic hydroxyl groups is 1. The molecule has 0 aromatic rings. The third kappa shape index (κ3) is 5.06. The van der Waals surface area contributed by atoms with Crippen molar-refractivity contribution in [3.63, 3.8) is 0 Å². The topological polar surface area (TPSA) is 76.1 Å². The van der Waals surface area contributed by atoms with E-state index in [0.29, 0.717) is 6.54 Å². The second-order valence-corrected chi connectivity index (χ2v) is 5.41. The van der Waals surface area contributed by atoms with Gasteiger partial charge in [0, 0.05) is 13.7 Å². The molecule has 0 bridgehead atoms. The molecular formula is C13H25NO5. The van der Waals surface area contributed by atoms with Gasteiger partial charge in [-0.15, -0.1) is 0 Å². The number of ether oxygens (including phenoxy) is 2. The van der Waals surface area contributed by atoms with Crippen molar-refractivity contribution in [3.05, 3.63) is 0 Å². The molecule has 1 heterocycles. The van der Waals surface area contributed by atoms with Crippen LogP contribution >= 0.6 is 0 Å². The van der Waals surface area contributed by atoms with Gasteiger partial charge in [0.25, 0.3) is 0 Å². The van der Waals surface area contributed by atoms with Crippen molar-refractivity contribution in [1.29, 1.82) is 0 Å². The lowest BCUT2D eigenvalue weighted by atomic mass is 10.0. The number of rotatable bonds is 1. The molecule has 2 atom stereocenters. The van der Waals surface area contributed by atoms with Crippen LogP contribution in [0.5, 0.6) is 0 Å². The Hall–Kier alpha value is -1.30. The predicted octanol–water partition coefficient (Wildman–Crippen LogP) is 1.41. The number of hydrogen-bond acceptors (Lipinski definition) is 5. The largest absolute Gasteiger partial charge is 0.467 e. The van der Waals surface area contributed by atoms with E-state index in [9.17, 15) is 9.59 Å². The summed E-state index contributed by atoms with van der Waals surface area (Å²) in [6, 6.07) is -0.519. The highest BCUT2D eigenvalue weighted by atomic mass is 16.6. The van der Waals surface area contributed by atoms with Crippen molar-refractivity contribution in [2.75, 3.05) is 20.8 Å². The van der Waals surface area contributed by atoms with E-state index in [-0.39, 0.29) is 11.9 Å². The molecule has 0 aromatic heterocycles. The fourth-order valence-electron chi connectivity index (χ4n) is 1.95. The first-order valence-electron chi connectivity index (χ1n) is 6.28. The Kier molecular flexibility index (Phi) is 6.83. The molecular weight excluding hydrogens is 250 g/mol. The van der Waals surface area contributed by atoms with Crippen LogP contribution in [0.1, 0.15) is 34.1 Å². The molecule has 1 rings (SSSR count).